The van der Waals surface area contributed by atoms with Crippen molar-refractivity contribution in [1.82, 2.24) is 15.2 Å². The SMILES string of the molecule is N#Cc1ccc(-c2nnc(-c3cccnc3)o2)[se]1. The van der Waals surface area contributed by atoms with Crippen LogP contribution in [0.4, 0.5) is 0 Å². The fourth-order valence-corrected chi connectivity index (χ4v) is 2.96. The average molecular weight is 301 g/mol. The van der Waals surface area contributed by atoms with E-state index < -0.39 is 0 Å². The summed E-state index contributed by atoms with van der Waals surface area (Å²) in [4.78, 5) is 4.00. The van der Waals surface area contributed by atoms with E-state index in [0.29, 0.717) is 11.8 Å². The van der Waals surface area contributed by atoms with Gasteiger partial charge in [-0.3, -0.25) is 0 Å². The Morgan fingerprint density at radius 3 is 2.78 bits per heavy atom. The third-order valence-electron chi connectivity index (χ3n) is 2.26. The third kappa shape index (κ3) is 1.97. The van der Waals surface area contributed by atoms with E-state index in [2.05, 4.69) is 21.3 Å². The quantitative estimate of drug-likeness (QED) is 0.674. The fraction of sp³-hybridized carbons (Fsp3) is 0. The zero-order chi connectivity index (χ0) is 12.4. The van der Waals surface area contributed by atoms with Gasteiger partial charge in [0.25, 0.3) is 0 Å². The Kier molecular flexibility index (Phi) is 2.77. The molecule has 0 aliphatic rings. The molecule has 3 heterocycles. The van der Waals surface area contributed by atoms with E-state index >= 15 is 0 Å². The van der Waals surface area contributed by atoms with Crippen molar-refractivity contribution in [3.63, 3.8) is 0 Å². The first-order valence-electron chi connectivity index (χ1n) is 5.11. The molecule has 0 spiro atoms. The minimum atomic E-state index is -0.0342. The monoisotopic (exact) mass is 302 g/mol. The molecular weight excluding hydrogens is 295 g/mol. The number of hydrogen-bond acceptors (Lipinski definition) is 5. The average Bonchev–Trinajstić information content (AvgIpc) is 3.08. The molecule has 3 aromatic heterocycles. The molecule has 0 saturated carbocycles. The van der Waals surface area contributed by atoms with Crippen LogP contribution < -0.4 is 0 Å². The van der Waals surface area contributed by atoms with Gasteiger partial charge in [0.15, 0.2) is 0 Å². The molecule has 86 valence electrons. The summed E-state index contributed by atoms with van der Waals surface area (Å²) in [6, 6.07) is 9.47. The number of pyridine rings is 1. The van der Waals surface area contributed by atoms with Crippen LogP contribution in [-0.2, 0) is 0 Å². The van der Waals surface area contributed by atoms with Gasteiger partial charge in [-0.25, -0.2) is 0 Å². The molecule has 0 saturated heterocycles. The van der Waals surface area contributed by atoms with E-state index in [0.717, 1.165) is 14.4 Å². The van der Waals surface area contributed by atoms with Gasteiger partial charge in [0.05, 0.1) is 0 Å². The standard InChI is InChI=1S/C12H6N4OSe/c13-6-9-3-4-10(18-9)12-16-15-11(17-12)8-2-1-5-14-7-8/h1-5,7H. The number of hydrogen-bond donors (Lipinski definition) is 0. The van der Waals surface area contributed by atoms with Crippen molar-refractivity contribution in [3.8, 4) is 27.9 Å². The van der Waals surface area contributed by atoms with Crippen molar-refractivity contribution in [2.24, 2.45) is 0 Å². The molecule has 0 amide bonds. The predicted molar refractivity (Wildman–Crippen MR) is 64.6 cm³/mol. The number of nitrogens with zero attached hydrogens (tertiary/aromatic N) is 4. The molecule has 0 aliphatic heterocycles. The molecule has 0 unspecified atom stereocenters. The second kappa shape index (κ2) is 4.57. The summed E-state index contributed by atoms with van der Waals surface area (Å²) in [6.07, 6.45) is 3.36. The molecule has 0 fully saturated rings. The molecule has 0 atom stereocenters. The van der Waals surface area contributed by atoms with Crippen LogP contribution in [0.1, 0.15) is 4.44 Å². The number of rotatable bonds is 2. The molecule has 3 aromatic rings. The zero-order valence-corrected chi connectivity index (χ0v) is 10.8. The van der Waals surface area contributed by atoms with Gasteiger partial charge in [0, 0.05) is 0 Å². The molecule has 0 bridgehead atoms. The summed E-state index contributed by atoms with van der Waals surface area (Å²) in [5.74, 6) is 0.926. The Balaban J connectivity index is 1.97. The van der Waals surface area contributed by atoms with E-state index in [-0.39, 0.29) is 14.5 Å². The third-order valence-corrected chi connectivity index (χ3v) is 4.31. The summed E-state index contributed by atoms with van der Waals surface area (Å²) in [6.45, 7) is 0. The van der Waals surface area contributed by atoms with Crippen LogP contribution in [0.25, 0.3) is 21.8 Å². The van der Waals surface area contributed by atoms with Gasteiger partial charge in [-0.1, -0.05) is 0 Å². The van der Waals surface area contributed by atoms with Crippen LogP contribution >= 0.6 is 0 Å². The molecule has 0 radical (unpaired) electrons. The van der Waals surface area contributed by atoms with E-state index in [1.807, 2.05) is 18.2 Å². The normalized spacial score (nSPS) is 10.2. The Hall–Kier alpha value is -2.22. The van der Waals surface area contributed by atoms with Crippen LogP contribution in [0.2, 0.25) is 0 Å². The van der Waals surface area contributed by atoms with E-state index in [1.54, 1.807) is 18.5 Å². The Labute approximate surface area is 108 Å². The molecule has 6 heteroatoms. The summed E-state index contributed by atoms with van der Waals surface area (Å²) < 4.78 is 7.28. The number of aromatic nitrogens is 3. The second-order valence-corrected chi connectivity index (χ2v) is 5.70. The molecule has 0 aliphatic carbocycles. The van der Waals surface area contributed by atoms with Crippen molar-refractivity contribution in [2.45, 2.75) is 0 Å². The van der Waals surface area contributed by atoms with Gasteiger partial charge in [0.1, 0.15) is 0 Å². The molecule has 18 heavy (non-hydrogen) atoms. The Morgan fingerprint density at radius 1 is 1.17 bits per heavy atom. The summed E-state index contributed by atoms with van der Waals surface area (Å²) >= 11 is -0.0342. The van der Waals surface area contributed by atoms with Crippen molar-refractivity contribution in [3.05, 3.63) is 41.1 Å². The van der Waals surface area contributed by atoms with Crippen molar-refractivity contribution < 1.29 is 4.42 Å². The van der Waals surface area contributed by atoms with Crippen molar-refractivity contribution >= 4 is 14.5 Å². The van der Waals surface area contributed by atoms with Crippen molar-refractivity contribution in [2.75, 3.05) is 0 Å². The maximum absolute atomic E-state index is 8.80. The summed E-state index contributed by atoms with van der Waals surface area (Å²) in [7, 11) is 0. The molecule has 3 rings (SSSR count). The van der Waals surface area contributed by atoms with Gasteiger partial charge in [-0.15, -0.1) is 0 Å². The van der Waals surface area contributed by atoms with E-state index in [4.69, 9.17) is 9.68 Å². The Morgan fingerprint density at radius 2 is 2.06 bits per heavy atom. The van der Waals surface area contributed by atoms with E-state index in [1.165, 1.54) is 0 Å². The predicted octanol–water partition coefficient (Wildman–Crippen LogP) is 1.73. The van der Waals surface area contributed by atoms with Gasteiger partial charge in [-0.2, -0.15) is 0 Å². The summed E-state index contributed by atoms with van der Waals surface area (Å²) in [5, 5.41) is 16.8. The maximum atomic E-state index is 8.80. The van der Waals surface area contributed by atoms with Gasteiger partial charge >= 0.3 is 108 Å². The van der Waals surface area contributed by atoms with Crippen LogP contribution in [-0.4, -0.2) is 29.7 Å². The van der Waals surface area contributed by atoms with E-state index in [9.17, 15) is 0 Å². The molecular formula is C12H6N4OSe. The topological polar surface area (TPSA) is 75.6 Å². The molecule has 0 N–H and O–H groups in total. The summed E-state index contributed by atoms with van der Waals surface area (Å²) in [5.41, 5.74) is 0.788. The first-order valence-corrected chi connectivity index (χ1v) is 6.82. The van der Waals surface area contributed by atoms with Gasteiger partial charge in [0.2, 0.25) is 0 Å². The number of nitriles is 1. The second-order valence-electron chi connectivity index (χ2n) is 3.43. The fourth-order valence-electron chi connectivity index (χ4n) is 1.44. The van der Waals surface area contributed by atoms with Crippen LogP contribution in [0.15, 0.2) is 41.1 Å². The zero-order valence-electron chi connectivity index (χ0n) is 9.07. The molecule has 0 aromatic carbocycles. The van der Waals surface area contributed by atoms with Crippen molar-refractivity contribution in [1.29, 1.82) is 5.26 Å². The first-order chi connectivity index (χ1) is 8.86. The van der Waals surface area contributed by atoms with Crippen LogP contribution in [0, 0.1) is 11.3 Å². The van der Waals surface area contributed by atoms with Crippen LogP contribution in [0.3, 0.4) is 0 Å². The minimum absolute atomic E-state index is 0.0342. The van der Waals surface area contributed by atoms with Crippen LogP contribution in [0.5, 0.6) is 0 Å². The Bertz CT molecular complexity index is 711. The first kappa shape index (κ1) is 10.9. The van der Waals surface area contributed by atoms with Gasteiger partial charge in [-0.05, 0) is 0 Å². The molecule has 5 nitrogen and oxygen atoms in total. The van der Waals surface area contributed by atoms with Gasteiger partial charge < -0.3 is 0 Å².